The Morgan fingerprint density at radius 3 is 2.20 bits per heavy atom. The minimum Gasteiger partial charge on any atom is -0.450 e. The van der Waals surface area contributed by atoms with Crippen molar-refractivity contribution in [2.75, 3.05) is 31.6 Å². The number of sulfonamides is 1. The van der Waals surface area contributed by atoms with Crippen molar-refractivity contribution < 1.29 is 27.5 Å². The summed E-state index contributed by atoms with van der Waals surface area (Å²) in [6, 6.07) is 15.9. The smallest absolute Gasteiger partial charge is 0.414 e. The van der Waals surface area contributed by atoms with Gasteiger partial charge in [0.05, 0.1) is 17.1 Å². The van der Waals surface area contributed by atoms with E-state index in [1.807, 2.05) is 45.9 Å². The number of hydrogen-bond acceptors (Lipinski definition) is 8. The average Bonchev–Trinajstić information content (AvgIpc) is 3.34. The molecule has 10 nitrogen and oxygen atoms in total. The maximum absolute atomic E-state index is 13.4. The summed E-state index contributed by atoms with van der Waals surface area (Å²) in [6.45, 7) is 12.5. The van der Waals surface area contributed by atoms with Gasteiger partial charge in [-0.25, -0.2) is 13.2 Å². The van der Waals surface area contributed by atoms with Crippen LogP contribution in [0.4, 0.5) is 9.80 Å². The highest BCUT2D eigenvalue weighted by Gasteiger charge is 2.31. The Kier molecular flexibility index (Phi) is 11.5. The van der Waals surface area contributed by atoms with Crippen LogP contribution in [0.25, 0.3) is 0 Å². The quantitative estimate of drug-likeness (QED) is 0.255. The van der Waals surface area contributed by atoms with Gasteiger partial charge in [0.1, 0.15) is 5.00 Å². The van der Waals surface area contributed by atoms with Gasteiger partial charge in [0.2, 0.25) is 10.0 Å². The zero-order chi connectivity index (χ0) is 32.7. The number of thiophene rings is 1. The number of nitrogens with one attached hydrogen (secondary N) is 2. The van der Waals surface area contributed by atoms with E-state index in [1.54, 1.807) is 6.92 Å². The Morgan fingerprint density at radius 2 is 1.60 bits per heavy atom. The van der Waals surface area contributed by atoms with Crippen LogP contribution in [0.15, 0.2) is 59.5 Å². The molecule has 0 fully saturated rings. The second kappa shape index (κ2) is 15.1. The van der Waals surface area contributed by atoms with Gasteiger partial charge in [-0.2, -0.15) is 4.31 Å². The second-order valence-corrected chi connectivity index (χ2v) is 15.0. The van der Waals surface area contributed by atoms with Gasteiger partial charge in [-0.15, -0.1) is 11.3 Å². The number of anilines is 1. The summed E-state index contributed by atoms with van der Waals surface area (Å²) in [4.78, 5) is 42.1. The molecule has 0 atom stereocenters. The van der Waals surface area contributed by atoms with Crippen molar-refractivity contribution in [3.05, 3.63) is 81.7 Å². The van der Waals surface area contributed by atoms with Crippen LogP contribution in [-0.4, -0.2) is 61.8 Å². The van der Waals surface area contributed by atoms with Crippen LogP contribution in [0.2, 0.25) is 0 Å². The topological polar surface area (TPSA) is 125 Å². The largest absolute Gasteiger partial charge is 0.450 e. The maximum atomic E-state index is 13.4. The molecule has 0 saturated carbocycles. The van der Waals surface area contributed by atoms with Crippen LogP contribution in [0.5, 0.6) is 0 Å². The highest BCUT2D eigenvalue weighted by molar-refractivity contribution is 7.89. The molecule has 1 aromatic heterocycles. The molecular formula is C33H42N4O6S2. The molecule has 242 valence electrons. The zero-order valence-electron chi connectivity index (χ0n) is 26.5. The van der Waals surface area contributed by atoms with Crippen LogP contribution in [0.3, 0.4) is 0 Å². The number of benzene rings is 2. The lowest BCUT2D eigenvalue weighted by Gasteiger charge is -2.27. The molecule has 0 saturated heterocycles. The Balaban J connectivity index is 1.58. The summed E-state index contributed by atoms with van der Waals surface area (Å²) in [7, 11) is -3.75. The molecule has 2 aromatic carbocycles. The molecule has 2 N–H and O–H groups in total. The molecule has 3 aromatic rings. The van der Waals surface area contributed by atoms with Crippen LogP contribution >= 0.6 is 11.3 Å². The number of nitrogens with zero attached hydrogens (tertiary/aromatic N) is 2. The third-order valence-electron chi connectivity index (χ3n) is 7.22. The molecule has 4 rings (SSSR count). The summed E-state index contributed by atoms with van der Waals surface area (Å²) in [5, 5.41) is 5.45. The molecule has 12 heteroatoms. The van der Waals surface area contributed by atoms with E-state index in [0.717, 1.165) is 17.0 Å². The maximum Gasteiger partial charge on any atom is 0.414 e. The standard InChI is InChI=1S/C33H42N4O6S2/c1-6-43-33(40)35-31(39)29-27-16-17-36(20-24-10-8-7-9-11-24)21-28(27)44-32(29)34-30(38)25-12-14-26(15-13-25)45(41,42)37(18-22(2)3)19-23(4)5/h7-15,22-23H,6,16-21H2,1-5H3,(H,34,38)(H,35,39,40). The van der Waals surface area contributed by atoms with Crippen molar-refractivity contribution in [1.82, 2.24) is 14.5 Å². The lowest BCUT2D eigenvalue weighted by molar-refractivity contribution is 0.0924. The fourth-order valence-electron chi connectivity index (χ4n) is 5.27. The Hall–Kier alpha value is -3.58. The molecule has 3 amide bonds. The van der Waals surface area contributed by atoms with Gasteiger partial charge in [-0.1, -0.05) is 58.0 Å². The number of alkyl carbamates (subject to hydrolysis) is 1. The van der Waals surface area contributed by atoms with Crippen LogP contribution in [0.1, 0.15) is 71.3 Å². The van der Waals surface area contributed by atoms with E-state index in [9.17, 15) is 22.8 Å². The predicted octanol–water partition coefficient (Wildman–Crippen LogP) is 5.75. The van der Waals surface area contributed by atoms with Crippen molar-refractivity contribution in [2.24, 2.45) is 11.8 Å². The first-order valence-electron chi connectivity index (χ1n) is 15.2. The van der Waals surface area contributed by atoms with Gasteiger partial charge in [-0.05, 0) is 60.6 Å². The lowest BCUT2D eigenvalue weighted by atomic mass is 10.0. The SMILES string of the molecule is CCOC(=O)NC(=O)c1c(NC(=O)c2ccc(S(=O)(=O)N(CC(C)C)CC(C)C)cc2)sc2c1CCN(Cc1ccccc1)C2. The number of carbonyl (C=O) groups excluding carboxylic acids is 3. The van der Waals surface area contributed by atoms with E-state index in [0.29, 0.717) is 37.6 Å². The van der Waals surface area contributed by atoms with Gasteiger partial charge in [-0.3, -0.25) is 19.8 Å². The Labute approximate surface area is 269 Å². The first-order chi connectivity index (χ1) is 21.4. The van der Waals surface area contributed by atoms with Gasteiger partial charge >= 0.3 is 6.09 Å². The zero-order valence-corrected chi connectivity index (χ0v) is 28.1. The monoisotopic (exact) mass is 654 g/mol. The minimum atomic E-state index is -3.75. The molecule has 0 bridgehead atoms. The molecule has 45 heavy (non-hydrogen) atoms. The highest BCUT2D eigenvalue weighted by Crippen LogP contribution is 2.38. The number of rotatable bonds is 12. The second-order valence-electron chi connectivity index (χ2n) is 11.9. The fourth-order valence-corrected chi connectivity index (χ4v) is 8.32. The third-order valence-corrected chi connectivity index (χ3v) is 10.2. The number of fused-ring (bicyclic) bond motifs is 1. The summed E-state index contributed by atoms with van der Waals surface area (Å²) in [6.07, 6.45) is -0.294. The number of carbonyl (C=O) groups is 3. The van der Waals surface area contributed by atoms with Crippen molar-refractivity contribution in [2.45, 2.75) is 59.0 Å². The first kappa shape index (κ1) is 34.3. The summed E-state index contributed by atoms with van der Waals surface area (Å²) < 4.78 is 33.2. The summed E-state index contributed by atoms with van der Waals surface area (Å²) in [5.41, 5.74) is 2.45. The minimum absolute atomic E-state index is 0.108. The average molecular weight is 655 g/mol. The number of ether oxygens (including phenoxy) is 1. The lowest BCUT2D eigenvalue weighted by Crippen LogP contribution is -2.37. The van der Waals surface area contributed by atoms with E-state index in [-0.39, 0.29) is 34.5 Å². The Morgan fingerprint density at radius 1 is 0.956 bits per heavy atom. The van der Waals surface area contributed by atoms with Crippen molar-refractivity contribution in [3.63, 3.8) is 0 Å². The van der Waals surface area contributed by atoms with Gasteiger partial charge < -0.3 is 10.1 Å². The molecule has 0 radical (unpaired) electrons. The molecular weight excluding hydrogens is 613 g/mol. The fraction of sp³-hybridized carbons (Fsp3) is 0.424. The van der Waals surface area contributed by atoms with E-state index >= 15 is 0 Å². The normalized spacial score (nSPS) is 13.6. The molecule has 1 aliphatic heterocycles. The van der Waals surface area contributed by atoms with Gasteiger partial charge in [0, 0.05) is 43.2 Å². The van der Waals surface area contributed by atoms with Gasteiger partial charge in [0.25, 0.3) is 11.8 Å². The van der Waals surface area contributed by atoms with Crippen molar-refractivity contribution in [1.29, 1.82) is 0 Å². The van der Waals surface area contributed by atoms with Crippen LogP contribution in [-0.2, 0) is 34.3 Å². The highest BCUT2D eigenvalue weighted by atomic mass is 32.2. The molecule has 0 spiro atoms. The third kappa shape index (κ3) is 8.78. The van der Waals surface area contributed by atoms with E-state index in [2.05, 4.69) is 27.7 Å². The molecule has 0 unspecified atom stereocenters. The number of hydrogen-bond donors (Lipinski definition) is 2. The van der Waals surface area contributed by atoms with E-state index < -0.39 is 27.9 Å². The van der Waals surface area contributed by atoms with Gasteiger partial charge in [0.15, 0.2) is 0 Å². The van der Waals surface area contributed by atoms with E-state index in [4.69, 9.17) is 4.74 Å². The summed E-state index contributed by atoms with van der Waals surface area (Å²) in [5.74, 6) is -0.832. The van der Waals surface area contributed by atoms with Crippen LogP contribution < -0.4 is 10.6 Å². The van der Waals surface area contributed by atoms with Crippen LogP contribution in [0, 0.1) is 11.8 Å². The number of imide groups is 1. The van der Waals surface area contributed by atoms with Crippen molar-refractivity contribution in [3.8, 4) is 0 Å². The van der Waals surface area contributed by atoms with E-state index in [1.165, 1.54) is 45.5 Å². The molecule has 2 heterocycles. The molecule has 0 aliphatic carbocycles. The molecule has 1 aliphatic rings. The first-order valence-corrected chi connectivity index (χ1v) is 17.4. The Bertz CT molecular complexity index is 1590. The number of amides is 3. The predicted molar refractivity (Wildman–Crippen MR) is 176 cm³/mol. The van der Waals surface area contributed by atoms with Crippen molar-refractivity contribution >= 4 is 44.3 Å². The summed E-state index contributed by atoms with van der Waals surface area (Å²) >= 11 is 1.30.